The number of anilines is 2. The first-order valence-electron chi connectivity index (χ1n) is 12.3. The SMILES string of the molecule is CC1CN(C(=O)CNCCOC(C)(C)CC=O)CC(C)O1.Cc1cc(N)c(N)c(-c2ccncc2)c1. The first kappa shape index (κ1) is 29.2. The van der Waals surface area contributed by atoms with Crippen LogP contribution in [0.2, 0.25) is 0 Å². The fraction of sp³-hybridized carbons (Fsp3) is 0.519. The third kappa shape index (κ3) is 9.56. The number of morpholine rings is 1. The number of rotatable bonds is 9. The Morgan fingerprint density at radius 3 is 2.47 bits per heavy atom. The van der Waals surface area contributed by atoms with Crippen molar-refractivity contribution < 1.29 is 19.1 Å². The van der Waals surface area contributed by atoms with Gasteiger partial charge in [-0.2, -0.15) is 0 Å². The van der Waals surface area contributed by atoms with Crippen molar-refractivity contribution in [3.63, 3.8) is 0 Å². The maximum atomic E-state index is 12.1. The molecule has 2 atom stereocenters. The van der Waals surface area contributed by atoms with Gasteiger partial charge in [-0.15, -0.1) is 0 Å². The average molecular weight is 500 g/mol. The number of hydrogen-bond acceptors (Lipinski definition) is 8. The van der Waals surface area contributed by atoms with E-state index in [2.05, 4.69) is 10.3 Å². The highest BCUT2D eigenvalue weighted by atomic mass is 16.5. The first-order valence-corrected chi connectivity index (χ1v) is 12.3. The summed E-state index contributed by atoms with van der Waals surface area (Å²) in [7, 11) is 0. The summed E-state index contributed by atoms with van der Waals surface area (Å²) in [6.45, 7) is 12.4. The predicted octanol–water partition coefficient (Wildman–Crippen LogP) is 2.82. The Hall–Kier alpha value is -3.01. The molecule has 1 saturated heterocycles. The molecule has 2 aromatic rings. The zero-order valence-electron chi connectivity index (χ0n) is 22.1. The molecule has 0 saturated carbocycles. The zero-order valence-corrected chi connectivity index (χ0v) is 22.1. The molecule has 1 aliphatic heterocycles. The van der Waals surface area contributed by atoms with Crippen LogP contribution >= 0.6 is 0 Å². The van der Waals surface area contributed by atoms with Crippen molar-refractivity contribution in [2.45, 2.75) is 58.8 Å². The Morgan fingerprint density at radius 2 is 1.86 bits per heavy atom. The van der Waals surface area contributed by atoms with Crippen LogP contribution in [-0.2, 0) is 19.1 Å². The molecule has 2 heterocycles. The molecule has 1 aromatic heterocycles. The predicted molar refractivity (Wildman–Crippen MR) is 143 cm³/mol. The number of ether oxygens (including phenoxy) is 2. The second-order valence-electron chi connectivity index (χ2n) is 9.76. The number of hydrogen-bond donors (Lipinski definition) is 3. The fourth-order valence-electron chi connectivity index (χ4n) is 3.94. The number of nitrogen functional groups attached to an aromatic ring is 2. The van der Waals surface area contributed by atoms with Crippen molar-refractivity contribution in [3.05, 3.63) is 42.2 Å². The highest BCUT2D eigenvalue weighted by Gasteiger charge is 2.25. The van der Waals surface area contributed by atoms with Crippen LogP contribution < -0.4 is 16.8 Å². The van der Waals surface area contributed by atoms with Crippen molar-refractivity contribution in [2.24, 2.45) is 0 Å². The summed E-state index contributed by atoms with van der Waals surface area (Å²) in [6, 6.07) is 7.75. The van der Waals surface area contributed by atoms with Gasteiger partial charge in [0, 0.05) is 44.0 Å². The first-order chi connectivity index (χ1) is 17.0. The van der Waals surface area contributed by atoms with Gasteiger partial charge in [-0.25, -0.2) is 0 Å². The van der Waals surface area contributed by atoms with Gasteiger partial charge >= 0.3 is 0 Å². The molecular weight excluding hydrogens is 458 g/mol. The third-order valence-electron chi connectivity index (χ3n) is 5.74. The van der Waals surface area contributed by atoms with Crippen molar-refractivity contribution in [2.75, 3.05) is 44.3 Å². The number of carbonyl (C=O) groups is 2. The van der Waals surface area contributed by atoms with Crippen LogP contribution in [0.25, 0.3) is 11.1 Å². The second kappa shape index (κ2) is 13.9. The molecule has 5 N–H and O–H groups in total. The average Bonchev–Trinajstić information content (AvgIpc) is 2.81. The van der Waals surface area contributed by atoms with Gasteiger partial charge in [0.15, 0.2) is 0 Å². The lowest BCUT2D eigenvalue weighted by Gasteiger charge is -2.35. The summed E-state index contributed by atoms with van der Waals surface area (Å²) in [5.74, 6) is 0.0872. The molecule has 9 heteroatoms. The van der Waals surface area contributed by atoms with Gasteiger partial charge in [0.1, 0.15) is 6.29 Å². The standard InChI is InChI=1S/C15H28N2O4.C12H13N3/c1-12-10-17(11-13(2)21-12)14(19)9-16-6-8-20-15(3,4)5-7-18;1-8-6-10(12(14)11(13)7-8)9-2-4-15-5-3-9/h7,12-13,16H,5-6,8-11H2,1-4H3;2-7H,13-14H2,1H3. The van der Waals surface area contributed by atoms with E-state index in [0.29, 0.717) is 50.6 Å². The molecular formula is C27H41N5O4. The van der Waals surface area contributed by atoms with Gasteiger partial charge < -0.3 is 36.0 Å². The van der Waals surface area contributed by atoms with Gasteiger partial charge in [-0.3, -0.25) is 9.78 Å². The van der Waals surface area contributed by atoms with Crippen LogP contribution in [0.4, 0.5) is 11.4 Å². The minimum atomic E-state index is -0.442. The number of aryl methyl sites for hydroxylation is 1. The molecule has 1 fully saturated rings. The fourth-order valence-corrected chi connectivity index (χ4v) is 3.94. The van der Waals surface area contributed by atoms with Crippen molar-refractivity contribution in [1.29, 1.82) is 0 Å². The van der Waals surface area contributed by atoms with Gasteiger partial charge in [0.05, 0.1) is 42.3 Å². The van der Waals surface area contributed by atoms with Gasteiger partial charge in [-0.05, 0) is 70.0 Å². The lowest BCUT2D eigenvalue weighted by atomic mass is 10.0. The number of amides is 1. The van der Waals surface area contributed by atoms with Crippen LogP contribution in [0.15, 0.2) is 36.7 Å². The molecule has 198 valence electrons. The monoisotopic (exact) mass is 499 g/mol. The Labute approximate surface area is 214 Å². The number of nitrogens with two attached hydrogens (primary N) is 2. The molecule has 0 spiro atoms. The number of aldehydes is 1. The van der Waals surface area contributed by atoms with Gasteiger partial charge in [0.2, 0.25) is 5.91 Å². The summed E-state index contributed by atoms with van der Waals surface area (Å²) in [5, 5.41) is 3.08. The molecule has 0 radical (unpaired) electrons. The summed E-state index contributed by atoms with van der Waals surface area (Å²) >= 11 is 0. The van der Waals surface area contributed by atoms with Crippen LogP contribution in [0, 0.1) is 6.92 Å². The van der Waals surface area contributed by atoms with E-state index < -0.39 is 5.60 Å². The van der Waals surface area contributed by atoms with Crippen LogP contribution in [0.1, 0.15) is 39.7 Å². The number of aromatic nitrogens is 1. The smallest absolute Gasteiger partial charge is 0.236 e. The molecule has 1 aromatic carbocycles. The molecule has 9 nitrogen and oxygen atoms in total. The number of nitrogens with one attached hydrogen (secondary N) is 1. The Bertz CT molecular complexity index is 974. The maximum absolute atomic E-state index is 12.1. The van der Waals surface area contributed by atoms with E-state index in [4.69, 9.17) is 20.9 Å². The molecule has 36 heavy (non-hydrogen) atoms. The maximum Gasteiger partial charge on any atom is 0.236 e. The van der Waals surface area contributed by atoms with Crippen LogP contribution in [0.3, 0.4) is 0 Å². The summed E-state index contributed by atoms with van der Waals surface area (Å²) < 4.78 is 11.2. The van der Waals surface area contributed by atoms with E-state index in [1.807, 2.05) is 63.8 Å². The topological polar surface area (TPSA) is 133 Å². The van der Waals surface area contributed by atoms with E-state index in [1.54, 1.807) is 12.4 Å². The minimum Gasteiger partial charge on any atom is -0.397 e. The minimum absolute atomic E-state index is 0.0872. The number of pyridine rings is 1. The summed E-state index contributed by atoms with van der Waals surface area (Å²) in [4.78, 5) is 28.4. The Balaban J connectivity index is 0.000000267. The molecule has 3 rings (SSSR count). The largest absolute Gasteiger partial charge is 0.397 e. The lowest BCUT2D eigenvalue weighted by Crippen LogP contribution is -2.50. The summed E-state index contributed by atoms with van der Waals surface area (Å²) in [6.07, 6.45) is 4.89. The summed E-state index contributed by atoms with van der Waals surface area (Å²) in [5.41, 5.74) is 15.7. The normalized spacial score (nSPS) is 17.8. The Morgan fingerprint density at radius 1 is 1.22 bits per heavy atom. The highest BCUT2D eigenvalue weighted by Crippen LogP contribution is 2.31. The second-order valence-corrected chi connectivity index (χ2v) is 9.76. The number of nitrogens with zero attached hydrogens (tertiary/aromatic N) is 2. The van der Waals surface area contributed by atoms with Gasteiger partial charge in [-0.1, -0.05) is 0 Å². The van der Waals surface area contributed by atoms with Crippen molar-refractivity contribution in [1.82, 2.24) is 15.2 Å². The molecule has 1 aliphatic rings. The Kier molecular flexibility index (Phi) is 11.3. The van der Waals surface area contributed by atoms with E-state index in [9.17, 15) is 9.59 Å². The van der Waals surface area contributed by atoms with Gasteiger partial charge in [0.25, 0.3) is 0 Å². The molecule has 2 unspecified atom stereocenters. The number of carbonyl (C=O) groups excluding carboxylic acids is 2. The van der Waals surface area contributed by atoms with Crippen LogP contribution in [0.5, 0.6) is 0 Å². The quantitative estimate of drug-likeness (QED) is 0.273. The van der Waals surface area contributed by atoms with E-state index in [-0.39, 0.29) is 18.1 Å². The number of benzene rings is 1. The van der Waals surface area contributed by atoms with E-state index >= 15 is 0 Å². The third-order valence-corrected chi connectivity index (χ3v) is 5.74. The van der Waals surface area contributed by atoms with Crippen LogP contribution in [-0.4, -0.2) is 72.7 Å². The molecule has 0 aliphatic carbocycles. The molecule has 1 amide bonds. The van der Waals surface area contributed by atoms with Crippen molar-refractivity contribution in [3.8, 4) is 11.1 Å². The lowest BCUT2D eigenvalue weighted by molar-refractivity contribution is -0.142. The molecule has 0 bridgehead atoms. The zero-order chi connectivity index (χ0) is 26.7. The van der Waals surface area contributed by atoms with E-state index in [0.717, 1.165) is 23.0 Å². The van der Waals surface area contributed by atoms with E-state index in [1.165, 1.54) is 0 Å². The highest BCUT2D eigenvalue weighted by molar-refractivity contribution is 5.84. The van der Waals surface area contributed by atoms with Crippen molar-refractivity contribution >= 4 is 23.6 Å².